The molecule has 0 amide bonds. The van der Waals surface area contributed by atoms with Crippen LogP contribution in [0.1, 0.15) is 52.7 Å². The molecule has 0 fully saturated rings. The van der Waals surface area contributed by atoms with Gasteiger partial charge in [-0.25, -0.2) is 0 Å². The Kier molecular flexibility index (Phi) is 5.74. The molecule has 142 valence electrons. The summed E-state index contributed by atoms with van der Waals surface area (Å²) in [7, 11) is 3.32. The molecule has 0 spiro atoms. The van der Waals surface area contributed by atoms with E-state index in [4.69, 9.17) is 19.2 Å². The summed E-state index contributed by atoms with van der Waals surface area (Å²) >= 11 is 0. The highest BCUT2D eigenvalue weighted by atomic mass is 17.2. The minimum absolute atomic E-state index is 0.111. The van der Waals surface area contributed by atoms with E-state index < -0.39 is 0 Å². The van der Waals surface area contributed by atoms with Crippen LogP contribution in [0.15, 0.2) is 36.4 Å². The molecular formula is C22H30O4. The first kappa shape index (κ1) is 20.0. The molecule has 26 heavy (non-hydrogen) atoms. The number of ether oxygens (including phenoxy) is 2. The summed E-state index contributed by atoms with van der Waals surface area (Å²) in [5.41, 5.74) is 1.81. The molecule has 0 atom stereocenters. The van der Waals surface area contributed by atoms with Crippen molar-refractivity contribution in [2.45, 2.75) is 52.4 Å². The summed E-state index contributed by atoms with van der Waals surface area (Å²) in [5, 5.41) is 0. The maximum Gasteiger partial charge on any atom is 0.182 e. The van der Waals surface area contributed by atoms with Gasteiger partial charge in [-0.15, -0.1) is 0 Å². The second-order valence-corrected chi connectivity index (χ2v) is 8.39. The Bertz CT molecular complexity index is 686. The zero-order valence-corrected chi connectivity index (χ0v) is 17.1. The first-order valence-electron chi connectivity index (χ1n) is 8.78. The van der Waals surface area contributed by atoms with Gasteiger partial charge >= 0.3 is 0 Å². The summed E-state index contributed by atoms with van der Waals surface area (Å²) in [6.45, 7) is 12.8. The lowest BCUT2D eigenvalue weighted by Crippen LogP contribution is -2.17. The van der Waals surface area contributed by atoms with E-state index in [0.717, 1.165) is 22.6 Å². The van der Waals surface area contributed by atoms with Crippen molar-refractivity contribution < 1.29 is 19.2 Å². The maximum atomic E-state index is 5.76. The molecule has 0 radical (unpaired) electrons. The number of hydrogen-bond acceptors (Lipinski definition) is 4. The molecule has 0 aliphatic heterocycles. The first-order chi connectivity index (χ1) is 12.1. The van der Waals surface area contributed by atoms with Crippen molar-refractivity contribution in [3.05, 3.63) is 47.5 Å². The fourth-order valence-corrected chi connectivity index (χ4v) is 2.68. The Morgan fingerprint density at radius 2 is 0.923 bits per heavy atom. The second-order valence-electron chi connectivity index (χ2n) is 8.39. The van der Waals surface area contributed by atoms with E-state index in [-0.39, 0.29) is 10.8 Å². The molecule has 0 aliphatic carbocycles. The van der Waals surface area contributed by atoms with E-state index in [2.05, 4.69) is 41.5 Å². The minimum Gasteiger partial charge on any atom is -0.497 e. The zero-order chi connectivity index (χ0) is 19.5. The molecule has 0 N–H and O–H groups in total. The average Bonchev–Trinajstić information content (AvgIpc) is 2.58. The smallest absolute Gasteiger partial charge is 0.182 e. The highest BCUT2D eigenvalue weighted by molar-refractivity contribution is 5.46. The third kappa shape index (κ3) is 4.63. The van der Waals surface area contributed by atoms with Crippen molar-refractivity contribution in [3.8, 4) is 23.0 Å². The molecule has 2 aromatic rings. The molecule has 0 aromatic heterocycles. The predicted molar refractivity (Wildman–Crippen MR) is 105 cm³/mol. The summed E-state index contributed by atoms with van der Waals surface area (Å²) in [4.78, 5) is 11.5. The van der Waals surface area contributed by atoms with Crippen molar-refractivity contribution in [3.63, 3.8) is 0 Å². The van der Waals surface area contributed by atoms with Crippen LogP contribution >= 0.6 is 0 Å². The van der Waals surface area contributed by atoms with Crippen LogP contribution in [0, 0.1) is 0 Å². The fraction of sp³-hybridized carbons (Fsp3) is 0.455. The fourth-order valence-electron chi connectivity index (χ4n) is 2.68. The van der Waals surface area contributed by atoms with E-state index in [1.807, 2.05) is 36.4 Å². The molecule has 0 heterocycles. The largest absolute Gasteiger partial charge is 0.497 e. The SMILES string of the molecule is COc1ccc(OOc2ccc(OC)cc2C(C)(C)C)c(C(C)(C)C)c1. The molecule has 2 rings (SSSR count). The van der Waals surface area contributed by atoms with Crippen LogP contribution in [0.3, 0.4) is 0 Å². The molecule has 0 bridgehead atoms. The molecule has 4 heteroatoms. The Hall–Kier alpha value is -2.36. The lowest BCUT2D eigenvalue weighted by Gasteiger charge is -2.25. The van der Waals surface area contributed by atoms with Gasteiger partial charge in [0.1, 0.15) is 11.5 Å². The van der Waals surface area contributed by atoms with Crippen LogP contribution in [0.4, 0.5) is 0 Å². The second kappa shape index (κ2) is 7.48. The monoisotopic (exact) mass is 358 g/mol. The van der Waals surface area contributed by atoms with Gasteiger partial charge in [0.15, 0.2) is 11.5 Å². The van der Waals surface area contributed by atoms with Crippen molar-refractivity contribution in [1.82, 2.24) is 0 Å². The number of rotatable bonds is 5. The summed E-state index contributed by atoms with van der Waals surface area (Å²) in [6, 6.07) is 11.5. The average molecular weight is 358 g/mol. The summed E-state index contributed by atoms with van der Waals surface area (Å²) in [6.07, 6.45) is 0. The third-order valence-corrected chi connectivity index (χ3v) is 4.21. The molecule has 4 nitrogen and oxygen atoms in total. The molecule has 0 saturated carbocycles. The Labute approximate surface area is 157 Å². The van der Waals surface area contributed by atoms with Crippen LogP contribution in [0.25, 0.3) is 0 Å². The third-order valence-electron chi connectivity index (χ3n) is 4.21. The van der Waals surface area contributed by atoms with Gasteiger partial charge < -0.3 is 9.47 Å². The van der Waals surface area contributed by atoms with Gasteiger partial charge in [-0.05, 0) is 47.2 Å². The Balaban J connectivity index is 2.35. The Morgan fingerprint density at radius 3 is 1.19 bits per heavy atom. The van der Waals surface area contributed by atoms with Gasteiger partial charge in [0, 0.05) is 11.1 Å². The molecule has 0 unspecified atom stereocenters. The molecular weight excluding hydrogens is 328 g/mol. The van der Waals surface area contributed by atoms with E-state index >= 15 is 0 Å². The minimum atomic E-state index is -0.111. The quantitative estimate of drug-likeness (QED) is 0.509. The first-order valence-corrected chi connectivity index (χ1v) is 8.78. The maximum absolute atomic E-state index is 5.76. The van der Waals surface area contributed by atoms with Crippen LogP contribution in [0.2, 0.25) is 0 Å². The van der Waals surface area contributed by atoms with Crippen LogP contribution < -0.4 is 19.2 Å². The molecule has 2 aromatic carbocycles. The van der Waals surface area contributed by atoms with Crippen molar-refractivity contribution in [2.75, 3.05) is 14.2 Å². The van der Waals surface area contributed by atoms with Crippen molar-refractivity contribution in [1.29, 1.82) is 0 Å². The predicted octanol–water partition coefficient (Wildman–Crippen LogP) is 5.67. The zero-order valence-electron chi connectivity index (χ0n) is 17.1. The lowest BCUT2D eigenvalue weighted by molar-refractivity contribution is -0.103. The number of hydrogen-bond donors (Lipinski definition) is 0. The van der Waals surface area contributed by atoms with Gasteiger partial charge in [-0.1, -0.05) is 41.5 Å². The van der Waals surface area contributed by atoms with Gasteiger partial charge in [-0.3, -0.25) is 9.78 Å². The number of methoxy groups -OCH3 is 2. The summed E-state index contributed by atoms with van der Waals surface area (Å²) < 4.78 is 10.7. The van der Waals surface area contributed by atoms with Gasteiger partial charge in [0.25, 0.3) is 0 Å². The lowest BCUT2D eigenvalue weighted by atomic mass is 9.86. The molecule has 0 saturated heterocycles. The summed E-state index contributed by atoms with van der Waals surface area (Å²) in [5.74, 6) is 2.94. The van der Waals surface area contributed by atoms with Crippen molar-refractivity contribution in [2.24, 2.45) is 0 Å². The van der Waals surface area contributed by atoms with E-state index in [0.29, 0.717) is 11.5 Å². The Morgan fingerprint density at radius 1 is 0.577 bits per heavy atom. The topological polar surface area (TPSA) is 36.9 Å². The van der Waals surface area contributed by atoms with E-state index in [1.165, 1.54) is 0 Å². The van der Waals surface area contributed by atoms with E-state index in [1.54, 1.807) is 14.2 Å². The van der Waals surface area contributed by atoms with Gasteiger partial charge in [-0.2, -0.15) is 0 Å². The van der Waals surface area contributed by atoms with Crippen molar-refractivity contribution >= 4 is 0 Å². The van der Waals surface area contributed by atoms with Crippen LogP contribution in [0.5, 0.6) is 23.0 Å². The van der Waals surface area contributed by atoms with Gasteiger partial charge in [0.2, 0.25) is 0 Å². The van der Waals surface area contributed by atoms with E-state index in [9.17, 15) is 0 Å². The van der Waals surface area contributed by atoms with Crippen LogP contribution in [-0.4, -0.2) is 14.2 Å². The normalized spacial score (nSPS) is 11.8. The standard InChI is InChI=1S/C22H30O4/c1-21(2,3)17-13-15(23-7)9-11-19(17)25-26-20-12-10-16(24-8)14-18(20)22(4,5)6/h9-14H,1-8H3. The van der Waals surface area contributed by atoms with Crippen LogP contribution in [-0.2, 0) is 10.8 Å². The number of benzene rings is 2. The highest BCUT2D eigenvalue weighted by Gasteiger charge is 2.23. The van der Waals surface area contributed by atoms with Gasteiger partial charge in [0.05, 0.1) is 14.2 Å². The molecule has 0 aliphatic rings. The highest BCUT2D eigenvalue weighted by Crippen LogP contribution is 2.37.